The standard InChI is InChI=1S/C17H18N2O5/c1-3-22-17(21)24-15-9(2)19-12-8-23-16(20)14(12)13(15)10-5-4-6-11(18)7-10/h4-7,13,19H,3,8,18H2,1-2H3. The van der Waals surface area contributed by atoms with Crippen molar-refractivity contribution in [2.45, 2.75) is 19.8 Å². The van der Waals surface area contributed by atoms with Gasteiger partial charge in [-0.3, -0.25) is 0 Å². The van der Waals surface area contributed by atoms with E-state index < -0.39 is 18.0 Å². The maximum Gasteiger partial charge on any atom is 0.513 e. The molecule has 3 rings (SSSR count). The first-order valence-electron chi connectivity index (χ1n) is 7.59. The summed E-state index contributed by atoms with van der Waals surface area (Å²) in [5.41, 5.74) is 8.86. The number of nitrogens with two attached hydrogens (primary N) is 1. The first-order valence-corrected chi connectivity index (χ1v) is 7.59. The number of hydrogen-bond donors (Lipinski definition) is 2. The Balaban J connectivity index is 2.06. The van der Waals surface area contributed by atoms with Gasteiger partial charge in [0.1, 0.15) is 12.4 Å². The van der Waals surface area contributed by atoms with Crippen molar-refractivity contribution in [3.63, 3.8) is 0 Å². The molecule has 0 fully saturated rings. The predicted molar refractivity (Wildman–Crippen MR) is 85.5 cm³/mol. The molecule has 0 radical (unpaired) electrons. The lowest BCUT2D eigenvalue weighted by Gasteiger charge is -2.27. The highest BCUT2D eigenvalue weighted by atomic mass is 16.7. The fraction of sp³-hybridized carbons (Fsp3) is 0.294. The van der Waals surface area contributed by atoms with E-state index in [0.29, 0.717) is 28.4 Å². The first kappa shape index (κ1) is 15.9. The Labute approximate surface area is 139 Å². The molecule has 1 aromatic carbocycles. The highest BCUT2D eigenvalue weighted by Gasteiger charge is 2.41. The third-order valence-corrected chi connectivity index (χ3v) is 3.85. The van der Waals surface area contributed by atoms with E-state index in [0.717, 1.165) is 5.56 Å². The summed E-state index contributed by atoms with van der Waals surface area (Å²) in [5, 5.41) is 3.07. The molecular formula is C17H18N2O5. The second-order valence-corrected chi connectivity index (χ2v) is 5.47. The van der Waals surface area contributed by atoms with Crippen molar-refractivity contribution in [1.82, 2.24) is 5.32 Å². The molecule has 0 saturated carbocycles. The van der Waals surface area contributed by atoms with Gasteiger partial charge in [0.2, 0.25) is 0 Å². The molecule has 0 aliphatic carbocycles. The summed E-state index contributed by atoms with van der Waals surface area (Å²) in [4.78, 5) is 24.0. The third-order valence-electron chi connectivity index (χ3n) is 3.85. The Morgan fingerprint density at radius 3 is 2.96 bits per heavy atom. The average Bonchev–Trinajstić information content (AvgIpc) is 2.89. The molecule has 7 nitrogen and oxygen atoms in total. The number of benzene rings is 1. The number of carbonyl (C=O) groups excluding carboxylic acids is 2. The molecule has 2 aliphatic rings. The van der Waals surface area contributed by atoms with Crippen LogP contribution in [-0.4, -0.2) is 25.3 Å². The largest absolute Gasteiger partial charge is 0.513 e. The summed E-state index contributed by atoms with van der Waals surface area (Å²) in [7, 11) is 0. The number of carbonyl (C=O) groups is 2. The highest BCUT2D eigenvalue weighted by molar-refractivity contribution is 5.95. The zero-order valence-corrected chi connectivity index (χ0v) is 13.4. The van der Waals surface area contributed by atoms with Crippen molar-refractivity contribution in [1.29, 1.82) is 0 Å². The van der Waals surface area contributed by atoms with Gasteiger partial charge in [-0.25, -0.2) is 9.59 Å². The number of allylic oxidation sites excluding steroid dienone is 2. The van der Waals surface area contributed by atoms with Crippen molar-refractivity contribution in [3.8, 4) is 0 Å². The summed E-state index contributed by atoms with van der Waals surface area (Å²) in [6.07, 6.45) is -0.821. The summed E-state index contributed by atoms with van der Waals surface area (Å²) >= 11 is 0. The quantitative estimate of drug-likeness (QED) is 0.647. The Kier molecular flexibility index (Phi) is 4.16. The van der Waals surface area contributed by atoms with Crippen molar-refractivity contribution in [2.75, 3.05) is 18.9 Å². The molecule has 1 unspecified atom stereocenters. The SMILES string of the molecule is CCOC(=O)OC1=C(C)NC2=C(C(=O)OC2)C1c1cccc(N)c1. The smallest absolute Gasteiger partial charge is 0.456 e. The number of ether oxygens (including phenoxy) is 3. The van der Waals surface area contributed by atoms with Crippen LogP contribution in [0.4, 0.5) is 10.5 Å². The number of dihydropyridines is 1. The Morgan fingerprint density at radius 2 is 2.25 bits per heavy atom. The molecule has 1 atom stereocenters. The molecule has 2 aliphatic heterocycles. The number of nitrogen functional groups attached to an aromatic ring is 1. The van der Waals surface area contributed by atoms with Crippen LogP contribution in [0.2, 0.25) is 0 Å². The van der Waals surface area contributed by atoms with Crippen molar-refractivity contribution in [2.24, 2.45) is 0 Å². The van der Waals surface area contributed by atoms with Crippen LogP contribution in [0.25, 0.3) is 0 Å². The topological polar surface area (TPSA) is 99.9 Å². The van der Waals surface area contributed by atoms with Gasteiger partial charge < -0.3 is 25.3 Å². The first-order chi connectivity index (χ1) is 11.5. The molecule has 24 heavy (non-hydrogen) atoms. The fourth-order valence-electron chi connectivity index (χ4n) is 2.88. The fourth-order valence-corrected chi connectivity index (χ4v) is 2.88. The molecule has 3 N–H and O–H groups in total. The third kappa shape index (κ3) is 2.80. The van der Waals surface area contributed by atoms with E-state index in [1.54, 1.807) is 32.0 Å². The number of hydrogen-bond acceptors (Lipinski definition) is 7. The predicted octanol–water partition coefficient (Wildman–Crippen LogP) is 2.17. The van der Waals surface area contributed by atoms with E-state index in [9.17, 15) is 9.59 Å². The Hall–Kier alpha value is -2.96. The monoisotopic (exact) mass is 330 g/mol. The van der Waals surface area contributed by atoms with Crippen molar-refractivity contribution < 1.29 is 23.8 Å². The van der Waals surface area contributed by atoms with Gasteiger partial charge in [0.05, 0.1) is 29.5 Å². The zero-order chi connectivity index (χ0) is 17.3. The maximum absolute atomic E-state index is 12.2. The van der Waals surface area contributed by atoms with Gasteiger partial charge in [-0.1, -0.05) is 12.1 Å². The van der Waals surface area contributed by atoms with Gasteiger partial charge in [-0.15, -0.1) is 0 Å². The second kappa shape index (κ2) is 6.27. The van der Waals surface area contributed by atoms with Crippen LogP contribution in [0.3, 0.4) is 0 Å². The van der Waals surface area contributed by atoms with E-state index in [4.69, 9.17) is 19.9 Å². The maximum atomic E-state index is 12.2. The van der Waals surface area contributed by atoms with E-state index in [2.05, 4.69) is 5.32 Å². The molecule has 0 saturated heterocycles. The van der Waals surface area contributed by atoms with E-state index in [1.165, 1.54) is 0 Å². The molecule has 0 amide bonds. The molecule has 0 spiro atoms. The normalized spacial score (nSPS) is 19.6. The van der Waals surface area contributed by atoms with E-state index >= 15 is 0 Å². The van der Waals surface area contributed by atoms with Gasteiger partial charge in [0, 0.05) is 5.69 Å². The van der Waals surface area contributed by atoms with Crippen molar-refractivity contribution >= 4 is 17.8 Å². The number of nitrogens with one attached hydrogen (secondary N) is 1. The lowest BCUT2D eigenvalue weighted by atomic mass is 9.85. The second-order valence-electron chi connectivity index (χ2n) is 5.47. The minimum absolute atomic E-state index is 0.164. The van der Waals surface area contributed by atoms with Gasteiger partial charge in [-0.2, -0.15) is 0 Å². The molecule has 2 heterocycles. The van der Waals surface area contributed by atoms with Gasteiger partial charge in [0.25, 0.3) is 0 Å². The molecule has 1 aromatic rings. The lowest BCUT2D eigenvalue weighted by molar-refractivity contribution is -0.136. The Morgan fingerprint density at radius 1 is 1.46 bits per heavy atom. The summed E-state index contributed by atoms with van der Waals surface area (Å²) in [5.74, 6) is -0.719. The molecule has 0 bridgehead atoms. The number of esters is 1. The van der Waals surface area contributed by atoms with Crippen molar-refractivity contribution in [3.05, 3.63) is 52.6 Å². The molecule has 126 valence electrons. The highest BCUT2D eigenvalue weighted by Crippen LogP contribution is 2.41. The molecule has 0 aromatic heterocycles. The average molecular weight is 330 g/mol. The zero-order valence-electron chi connectivity index (χ0n) is 13.4. The van der Waals surface area contributed by atoms with Gasteiger partial charge in [0.15, 0.2) is 0 Å². The van der Waals surface area contributed by atoms with Crippen LogP contribution in [0, 0.1) is 0 Å². The Bertz CT molecular complexity index is 766. The van der Waals surface area contributed by atoms with Crippen LogP contribution >= 0.6 is 0 Å². The summed E-state index contributed by atoms with van der Waals surface area (Å²) < 4.78 is 15.4. The van der Waals surface area contributed by atoms with Gasteiger partial charge >= 0.3 is 12.1 Å². The van der Waals surface area contributed by atoms with Gasteiger partial charge in [-0.05, 0) is 31.5 Å². The summed E-state index contributed by atoms with van der Waals surface area (Å²) in [6.45, 7) is 3.81. The van der Waals surface area contributed by atoms with E-state index in [-0.39, 0.29) is 13.2 Å². The van der Waals surface area contributed by atoms with E-state index in [1.807, 2.05) is 6.07 Å². The van der Waals surface area contributed by atoms with Crippen LogP contribution in [-0.2, 0) is 19.0 Å². The van der Waals surface area contributed by atoms with Crippen LogP contribution in [0.1, 0.15) is 25.3 Å². The summed E-state index contributed by atoms with van der Waals surface area (Å²) in [6, 6.07) is 7.10. The number of rotatable bonds is 3. The molecular weight excluding hydrogens is 312 g/mol. The number of anilines is 1. The van der Waals surface area contributed by atoms with Crippen LogP contribution in [0.15, 0.2) is 47.0 Å². The lowest BCUT2D eigenvalue weighted by Crippen LogP contribution is -2.28. The molecule has 7 heteroatoms. The van der Waals surface area contributed by atoms with Crippen LogP contribution in [0.5, 0.6) is 0 Å². The minimum Gasteiger partial charge on any atom is -0.456 e. The van der Waals surface area contributed by atoms with Crippen LogP contribution < -0.4 is 11.1 Å². The number of cyclic esters (lactones) is 1. The minimum atomic E-state index is -0.821.